The van der Waals surface area contributed by atoms with E-state index in [4.69, 9.17) is 0 Å². The van der Waals surface area contributed by atoms with Crippen molar-refractivity contribution in [3.8, 4) is 22.3 Å². The lowest BCUT2D eigenvalue weighted by Crippen LogP contribution is -2.33. The van der Waals surface area contributed by atoms with Gasteiger partial charge in [-0.15, -0.1) is 0 Å². The Labute approximate surface area is 291 Å². The molecule has 8 aromatic rings. The van der Waals surface area contributed by atoms with Gasteiger partial charge in [-0.1, -0.05) is 163 Å². The molecule has 0 amide bonds. The number of hydrogen-bond acceptors (Lipinski definition) is 2. The van der Waals surface area contributed by atoms with E-state index in [1.54, 1.807) is 0 Å². The molecule has 0 radical (unpaired) electrons. The second kappa shape index (κ2) is 11.1. The van der Waals surface area contributed by atoms with Gasteiger partial charge in [0.05, 0.1) is 11.1 Å². The molecule has 0 fully saturated rings. The molecular weight excluding hydrogens is 611 g/mol. The van der Waals surface area contributed by atoms with Crippen molar-refractivity contribution in [2.45, 2.75) is 15.2 Å². The summed E-state index contributed by atoms with van der Waals surface area (Å²) in [5.41, 5.74) is 13.5. The third kappa shape index (κ3) is 4.14. The van der Waals surface area contributed by atoms with E-state index in [2.05, 4.69) is 193 Å². The summed E-state index contributed by atoms with van der Waals surface area (Å²) >= 11 is 1.91. The molecule has 0 N–H and O–H groups in total. The summed E-state index contributed by atoms with van der Waals surface area (Å²) < 4.78 is 0. The molecule has 1 nitrogen and oxygen atoms in total. The van der Waals surface area contributed by atoms with Crippen LogP contribution in [0.4, 0.5) is 17.1 Å². The van der Waals surface area contributed by atoms with Crippen LogP contribution < -0.4 is 4.90 Å². The second-order valence-corrected chi connectivity index (χ2v) is 13.9. The molecule has 0 atom stereocenters. The van der Waals surface area contributed by atoms with Gasteiger partial charge in [0.2, 0.25) is 0 Å². The molecule has 1 heterocycles. The molecule has 10 rings (SSSR count). The molecule has 1 aliphatic heterocycles. The first-order valence-electron chi connectivity index (χ1n) is 16.9. The zero-order chi connectivity index (χ0) is 32.4. The number of benzene rings is 8. The number of para-hydroxylation sites is 1. The maximum atomic E-state index is 2.44. The molecule has 2 heteroatoms. The molecule has 230 valence electrons. The van der Waals surface area contributed by atoms with E-state index in [0.29, 0.717) is 0 Å². The Balaban J connectivity index is 1.27. The Morgan fingerprint density at radius 2 is 0.980 bits per heavy atom. The number of fused-ring (bicyclic) bond motifs is 11. The van der Waals surface area contributed by atoms with Crippen molar-refractivity contribution in [3.05, 3.63) is 210 Å². The summed E-state index contributed by atoms with van der Waals surface area (Å²) in [7, 11) is 0. The molecule has 1 spiro atoms. The molecule has 1 aliphatic carbocycles. The predicted molar refractivity (Wildman–Crippen MR) is 205 cm³/mol. The maximum absolute atomic E-state index is 2.44. The van der Waals surface area contributed by atoms with E-state index in [1.807, 2.05) is 11.8 Å². The molecule has 0 saturated heterocycles. The first-order chi connectivity index (χ1) is 24.3. The molecule has 0 unspecified atom stereocenters. The molecule has 8 aromatic carbocycles. The lowest BCUT2D eigenvalue weighted by Gasteiger charge is -2.42. The lowest BCUT2D eigenvalue weighted by atomic mass is 9.66. The molecular formula is C47H31NS. The zero-order valence-electron chi connectivity index (χ0n) is 26.8. The fourth-order valence-corrected chi connectivity index (χ4v) is 9.62. The molecule has 0 bridgehead atoms. The maximum Gasteiger partial charge on any atom is 0.0742 e. The third-order valence-electron chi connectivity index (χ3n) is 10.3. The van der Waals surface area contributed by atoms with Gasteiger partial charge in [0.15, 0.2) is 0 Å². The highest BCUT2D eigenvalue weighted by molar-refractivity contribution is 7.99. The van der Waals surface area contributed by atoms with Crippen LogP contribution in [-0.4, -0.2) is 0 Å². The highest BCUT2D eigenvalue weighted by atomic mass is 32.2. The minimum Gasteiger partial charge on any atom is -0.309 e. The van der Waals surface area contributed by atoms with E-state index in [-0.39, 0.29) is 0 Å². The standard InChI is InChI=1S/C47H31NS/c1-3-14-32(15-4-1)33-26-29-36(30-27-33)48(35-17-5-2-6-18-35)43-25-13-24-42-46(43)49-44-31-28-34-16-7-8-19-37(34)45(44)47(42)40-22-11-9-20-38(40)39-21-10-12-23-41(39)47/h1-31H. The second-order valence-electron chi connectivity index (χ2n) is 12.8. The van der Waals surface area contributed by atoms with Gasteiger partial charge in [-0.25, -0.2) is 0 Å². The number of nitrogens with zero attached hydrogens (tertiary/aromatic N) is 1. The van der Waals surface area contributed by atoms with Gasteiger partial charge in [-0.3, -0.25) is 0 Å². The first-order valence-corrected chi connectivity index (χ1v) is 17.7. The largest absolute Gasteiger partial charge is 0.309 e. The number of anilines is 3. The van der Waals surface area contributed by atoms with Crippen molar-refractivity contribution in [1.82, 2.24) is 0 Å². The fourth-order valence-electron chi connectivity index (χ4n) is 8.30. The first kappa shape index (κ1) is 28.2. The van der Waals surface area contributed by atoms with Gasteiger partial charge < -0.3 is 4.90 Å². The van der Waals surface area contributed by atoms with Crippen LogP contribution in [0.2, 0.25) is 0 Å². The summed E-state index contributed by atoms with van der Waals surface area (Å²) in [6, 6.07) is 69.1. The third-order valence-corrected chi connectivity index (χ3v) is 11.5. The van der Waals surface area contributed by atoms with E-state index in [0.717, 1.165) is 11.4 Å². The highest BCUT2D eigenvalue weighted by Gasteiger charge is 2.51. The van der Waals surface area contributed by atoms with Crippen LogP contribution in [0.1, 0.15) is 22.3 Å². The van der Waals surface area contributed by atoms with E-state index < -0.39 is 5.41 Å². The van der Waals surface area contributed by atoms with Gasteiger partial charge in [0, 0.05) is 21.2 Å². The van der Waals surface area contributed by atoms with Crippen LogP contribution in [0.5, 0.6) is 0 Å². The van der Waals surface area contributed by atoms with Crippen LogP contribution in [-0.2, 0) is 5.41 Å². The van der Waals surface area contributed by atoms with Gasteiger partial charge in [0.25, 0.3) is 0 Å². The normalized spacial score (nSPS) is 13.4. The summed E-state index contributed by atoms with van der Waals surface area (Å²) in [4.78, 5) is 5.03. The smallest absolute Gasteiger partial charge is 0.0742 e. The Bertz CT molecular complexity index is 2470. The number of rotatable bonds is 4. The van der Waals surface area contributed by atoms with Crippen molar-refractivity contribution in [2.24, 2.45) is 0 Å². The van der Waals surface area contributed by atoms with Crippen LogP contribution in [0, 0.1) is 0 Å². The van der Waals surface area contributed by atoms with Crippen LogP contribution in [0.15, 0.2) is 198 Å². The Kier molecular flexibility index (Phi) is 6.40. The number of hydrogen-bond donors (Lipinski definition) is 0. The van der Waals surface area contributed by atoms with Gasteiger partial charge in [-0.2, -0.15) is 0 Å². The summed E-state index contributed by atoms with van der Waals surface area (Å²) in [5, 5.41) is 2.58. The van der Waals surface area contributed by atoms with Crippen LogP contribution >= 0.6 is 11.8 Å². The van der Waals surface area contributed by atoms with Crippen molar-refractivity contribution in [3.63, 3.8) is 0 Å². The quantitative estimate of drug-likeness (QED) is 0.188. The SMILES string of the molecule is c1ccc(-c2ccc(N(c3ccccc3)c3cccc4c3Sc3ccc5ccccc5c3C43c4ccccc4-c4ccccc43)cc2)cc1. The van der Waals surface area contributed by atoms with E-state index >= 15 is 0 Å². The van der Waals surface area contributed by atoms with E-state index in [9.17, 15) is 0 Å². The Morgan fingerprint density at radius 3 is 1.71 bits per heavy atom. The highest BCUT2D eigenvalue weighted by Crippen LogP contribution is 2.65. The minimum atomic E-state index is -0.473. The van der Waals surface area contributed by atoms with Crippen molar-refractivity contribution >= 4 is 39.6 Å². The van der Waals surface area contributed by atoms with Gasteiger partial charge in [-0.05, 0) is 91.7 Å². The van der Waals surface area contributed by atoms with Crippen LogP contribution in [0.25, 0.3) is 33.0 Å². The summed E-state index contributed by atoms with van der Waals surface area (Å²) in [6.07, 6.45) is 0. The van der Waals surface area contributed by atoms with Crippen molar-refractivity contribution in [2.75, 3.05) is 4.90 Å². The van der Waals surface area contributed by atoms with Gasteiger partial charge in [0.1, 0.15) is 0 Å². The summed E-state index contributed by atoms with van der Waals surface area (Å²) in [5.74, 6) is 0. The van der Waals surface area contributed by atoms with E-state index in [1.165, 1.54) is 70.8 Å². The van der Waals surface area contributed by atoms with Crippen LogP contribution in [0.3, 0.4) is 0 Å². The average Bonchev–Trinajstić information content (AvgIpc) is 3.46. The molecule has 2 aliphatic rings. The average molecular weight is 642 g/mol. The predicted octanol–water partition coefficient (Wildman–Crippen LogP) is 12.8. The Hall–Kier alpha value is -5.83. The van der Waals surface area contributed by atoms with Crippen molar-refractivity contribution in [1.29, 1.82) is 0 Å². The Morgan fingerprint density at radius 1 is 0.408 bits per heavy atom. The lowest BCUT2D eigenvalue weighted by molar-refractivity contribution is 0.730. The summed E-state index contributed by atoms with van der Waals surface area (Å²) in [6.45, 7) is 0. The molecule has 0 aromatic heterocycles. The van der Waals surface area contributed by atoms with Crippen molar-refractivity contribution < 1.29 is 0 Å². The molecule has 49 heavy (non-hydrogen) atoms. The minimum absolute atomic E-state index is 0.473. The zero-order valence-corrected chi connectivity index (χ0v) is 27.6. The van der Waals surface area contributed by atoms with Gasteiger partial charge >= 0.3 is 0 Å². The fraction of sp³-hybridized carbons (Fsp3) is 0.0213. The topological polar surface area (TPSA) is 3.24 Å². The molecule has 0 saturated carbocycles. The monoisotopic (exact) mass is 641 g/mol.